The van der Waals surface area contributed by atoms with E-state index in [1.54, 1.807) is 0 Å². The van der Waals surface area contributed by atoms with E-state index in [1.807, 2.05) is 0 Å². The molecule has 1 amide bonds. The molecule has 3 N–H and O–H groups in total. The summed E-state index contributed by atoms with van der Waals surface area (Å²) in [6, 6.07) is 1.26. The Bertz CT molecular complexity index is 446. The van der Waals surface area contributed by atoms with E-state index in [0.29, 0.717) is 0 Å². The van der Waals surface area contributed by atoms with Crippen molar-refractivity contribution in [1.82, 2.24) is 9.88 Å². The summed E-state index contributed by atoms with van der Waals surface area (Å²) in [5.74, 6) is -0.475. The number of pyridine rings is 1. The van der Waals surface area contributed by atoms with Gasteiger partial charge in [0.15, 0.2) is 5.43 Å². The van der Waals surface area contributed by atoms with Crippen molar-refractivity contribution in [3.63, 3.8) is 0 Å². The molecule has 0 radical (unpaired) electrons. The number of likely N-dealkylation sites (tertiary alicyclic amines) is 1. The van der Waals surface area contributed by atoms with Crippen molar-refractivity contribution in [1.29, 1.82) is 0 Å². The second kappa shape index (κ2) is 4.07. The Labute approximate surface area is 91.1 Å². The Morgan fingerprint density at radius 1 is 1.38 bits per heavy atom. The molecule has 86 valence electrons. The Morgan fingerprint density at radius 3 is 2.56 bits per heavy atom. The lowest BCUT2D eigenvalue weighted by Gasteiger charge is -2.14. The maximum absolute atomic E-state index is 11.8. The van der Waals surface area contributed by atoms with Crippen LogP contribution in [0.3, 0.4) is 0 Å². The van der Waals surface area contributed by atoms with Crippen molar-refractivity contribution in [2.75, 3.05) is 13.1 Å². The van der Waals surface area contributed by atoms with Crippen LogP contribution in [0.5, 0.6) is 0 Å². The number of aromatic nitrogens is 1. The number of carbonyl (C=O) groups is 1. The van der Waals surface area contributed by atoms with Gasteiger partial charge in [-0.15, -0.1) is 0 Å². The fourth-order valence-electron chi connectivity index (χ4n) is 1.69. The van der Waals surface area contributed by atoms with Gasteiger partial charge in [0, 0.05) is 31.5 Å². The maximum Gasteiger partial charge on any atom is 0.259 e. The van der Waals surface area contributed by atoms with Gasteiger partial charge in [-0.2, -0.15) is 0 Å². The zero-order valence-electron chi connectivity index (χ0n) is 8.46. The quantitative estimate of drug-likeness (QED) is 0.544. The van der Waals surface area contributed by atoms with Crippen molar-refractivity contribution < 1.29 is 15.0 Å². The van der Waals surface area contributed by atoms with Gasteiger partial charge in [0.05, 0.1) is 12.2 Å². The number of aliphatic hydroxyl groups is 2. The number of carbonyl (C=O) groups excluding carboxylic acids is 1. The van der Waals surface area contributed by atoms with E-state index >= 15 is 0 Å². The normalized spacial score (nSPS) is 24.8. The molecule has 0 aromatic carbocycles. The van der Waals surface area contributed by atoms with Gasteiger partial charge in [-0.25, -0.2) is 0 Å². The first-order valence-electron chi connectivity index (χ1n) is 4.92. The number of aromatic amines is 1. The molecule has 2 heterocycles. The van der Waals surface area contributed by atoms with E-state index in [-0.39, 0.29) is 24.1 Å². The number of nitrogens with one attached hydrogen (secondary N) is 1. The minimum Gasteiger partial charge on any atom is -0.388 e. The number of hydrogen-bond acceptors (Lipinski definition) is 4. The molecule has 1 aromatic heterocycles. The molecule has 6 nitrogen and oxygen atoms in total. The van der Waals surface area contributed by atoms with Gasteiger partial charge >= 0.3 is 0 Å². The lowest BCUT2D eigenvalue weighted by Crippen LogP contribution is -2.33. The van der Waals surface area contributed by atoms with E-state index < -0.39 is 18.1 Å². The molecule has 1 fully saturated rings. The number of rotatable bonds is 1. The van der Waals surface area contributed by atoms with E-state index in [9.17, 15) is 19.8 Å². The van der Waals surface area contributed by atoms with Crippen molar-refractivity contribution in [3.05, 3.63) is 34.2 Å². The summed E-state index contributed by atoms with van der Waals surface area (Å²) in [6.45, 7) is 0.0999. The minimum absolute atomic E-state index is 0.0174. The highest BCUT2D eigenvalue weighted by molar-refractivity contribution is 5.94. The summed E-state index contributed by atoms with van der Waals surface area (Å²) in [6.07, 6.45) is 0.882. The molecular weight excluding hydrogens is 212 g/mol. The van der Waals surface area contributed by atoms with E-state index in [4.69, 9.17) is 0 Å². The van der Waals surface area contributed by atoms with Crippen LogP contribution in [0, 0.1) is 0 Å². The summed E-state index contributed by atoms with van der Waals surface area (Å²) < 4.78 is 0. The molecule has 16 heavy (non-hydrogen) atoms. The van der Waals surface area contributed by atoms with Crippen molar-refractivity contribution in [2.24, 2.45) is 0 Å². The van der Waals surface area contributed by atoms with Gasteiger partial charge in [-0.05, 0) is 0 Å². The van der Waals surface area contributed by atoms with Crippen LogP contribution < -0.4 is 5.43 Å². The predicted molar refractivity (Wildman–Crippen MR) is 55.0 cm³/mol. The lowest BCUT2D eigenvalue weighted by atomic mass is 10.2. The summed E-state index contributed by atoms with van der Waals surface area (Å²) in [5.41, 5.74) is -0.358. The molecule has 0 spiro atoms. The van der Waals surface area contributed by atoms with Crippen LogP contribution in [0.1, 0.15) is 10.4 Å². The fourth-order valence-corrected chi connectivity index (χ4v) is 1.69. The van der Waals surface area contributed by atoms with Crippen molar-refractivity contribution in [3.8, 4) is 0 Å². The zero-order chi connectivity index (χ0) is 11.7. The Hall–Kier alpha value is -1.66. The number of nitrogens with zero attached hydrogens (tertiary/aromatic N) is 1. The third kappa shape index (κ3) is 1.84. The van der Waals surface area contributed by atoms with Crippen LogP contribution in [0.25, 0.3) is 0 Å². The van der Waals surface area contributed by atoms with E-state index in [0.717, 1.165) is 0 Å². The number of hydrogen-bond donors (Lipinski definition) is 3. The summed E-state index contributed by atoms with van der Waals surface area (Å²) in [7, 11) is 0. The minimum atomic E-state index is -0.938. The molecule has 2 unspecified atom stereocenters. The van der Waals surface area contributed by atoms with Crippen LogP contribution >= 0.6 is 0 Å². The van der Waals surface area contributed by atoms with Crippen LogP contribution in [0.15, 0.2) is 23.3 Å². The number of β-amino-alcohol motifs (C(OH)–C–C–N with tert-alkyl or cyclic N) is 2. The van der Waals surface area contributed by atoms with Gasteiger partial charge in [0.1, 0.15) is 5.56 Å². The van der Waals surface area contributed by atoms with Crippen molar-refractivity contribution in [2.45, 2.75) is 12.2 Å². The molecule has 0 saturated carbocycles. The lowest BCUT2D eigenvalue weighted by molar-refractivity contribution is 0.0572. The molecule has 1 aliphatic rings. The predicted octanol–water partition coefficient (Wildman–Crippen LogP) is -1.45. The van der Waals surface area contributed by atoms with Gasteiger partial charge < -0.3 is 20.1 Å². The standard InChI is InChI=1S/C10H12N2O4/c13-7-1-2-11-3-6(7)10(16)12-4-8(14)9(15)5-12/h1-3,8-9,14-15H,4-5H2,(H,11,13). The van der Waals surface area contributed by atoms with Gasteiger partial charge in [-0.3, -0.25) is 9.59 Å². The van der Waals surface area contributed by atoms with E-state index in [1.165, 1.54) is 23.4 Å². The van der Waals surface area contributed by atoms with Gasteiger partial charge in [0.25, 0.3) is 5.91 Å². The van der Waals surface area contributed by atoms with Crippen LogP contribution in [-0.2, 0) is 0 Å². The molecule has 0 aliphatic carbocycles. The molecular formula is C10H12N2O4. The summed E-state index contributed by atoms with van der Waals surface area (Å²) in [4.78, 5) is 27.2. The second-order valence-electron chi connectivity index (χ2n) is 3.77. The highest BCUT2D eigenvalue weighted by Crippen LogP contribution is 2.12. The second-order valence-corrected chi connectivity index (χ2v) is 3.77. The van der Waals surface area contributed by atoms with Crippen molar-refractivity contribution >= 4 is 5.91 Å². The monoisotopic (exact) mass is 224 g/mol. The SMILES string of the molecule is O=C(c1c[nH]ccc1=O)N1CC(O)C(O)C1. The molecule has 2 atom stereocenters. The topological polar surface area (TPSA) is 93.6 Å². The first-order chi connectivity index (χ1) is 7.59. The Morgan fingerprint density at radius 2 is 2.00 bits per heavy atom. The highest BCUT2D eigenvalue weighted by atomic mass is 16.3. The average molecular weight is 224 g/mol. The zero-order valence-corrected chi connectivity index (χ0v) is 8.46. The third-order valence-corrected chi connectivity index (χ3v) is 2.60. The molecule has 1 saturated heterocycles. The molecule has 6 heteroatoms. The van der Waals surface area contributed by atoms with Crippen LogP contribution in [0.4, 0.5) is 0 Å². The van der Waals surface area contributed by atoms with Gasteiger partial charge in [0.2, 0.25) is 0 Å². The summed E-state index contributed by atoms with van der Waals surface area (Å²) in [5, 5.41) is 18.6. The number of H-pyrrole nitrogens is 1. The number of amides is 1. The Balaban J connectivity index is 2.21. The first kappa shape index (κ1) is 10.8. The average Bonchev–Trinajstić information content (AvgIpc) is 2.59. The first-order valence-corrected chi connectivity index (χ1v) is 4.92. The molecule has 2 rings (SSSR count). The smallest absolute Gasteiger partial charge is 0.259 e. The van der Waals surface area contributed by atoms with Crippen LogP contribution in [0.2, 0.25) is 0 Å². The Kier molecular flexibility index (Phi) is 2.76. The molecule has 1 aliphatic heterocycles. The maximum atomic E-state index is 11.8. The molecule has 1 aromatic rings. The highest BCUT2D eigenvalue weighted by Gasteiger charge is 2.33. The summed E-state index contributed by atoms with van der Waals surface area (Å²) >= 11 is 0. The molecule has 0 bridgehead atoms. The third-order valence-electron chi connectivity index (χ3n) is 2.60. The van der Waals surface area contributed by atoms with Crippen LogP contribution in [-0.4, -0.2) is 51.3 Å². The van der Waals surface area contributed by atoms with E-state index in [2.05, 4.69) is 4.98 Å². The number of aliphatic hydroxyl groups excluding tert-OH is 2. The van der Waals surface area contributed by atoms with Gasteiger partial charge in [-0.1, -0.05) is 0 Å². The fraction of sp³-hybridized carbons (Fsp3) is 0.400. The largest absolute Gasteiger partial charge is 0.388 e.